The molecule has 168 valence electrons. The van der Waals surface area contributed by atoms with Gasteiger partial charge in [0.05, 0.1) is 32.2 Å². The summed E-state index contributed by atoms with van der Waals surface area (Å²) in [6.45, 7) is 4.24. The lowest BCUT2D eigenvalue weighted by Gasteiger charge is -2.40. The lowest BCUT2D eigenvalue weighted by atomic mass is 9.72. The Morgan fingerprint density at radius 1 is 1.39 bits per heavy atom. The van der Waals surface area contributed by atoms with Crippen LogP contribution in [0.25, 0.3) is 0 Å². The molecule has 4 rings (SSSR count). The van der Waals surface area contributed by atoms with Crippen molar-refractivity contribution in [2.45, 2.75) is 43.8 Å². The number of carboxylic acid groups (broad SMARTS) is 1. The number of nitrogens with zero attached hydrogens (tertiary/aromatic N) is 1. The van der Waals surface area contributed by atoms with Gasteiger partial charge in [-0.05, 0) is 17.5 Å². The van der Waals surface area contributed by atoms with Crippen molar-refractivity contribution in [1.29, 1.82) is 0 Å². The molecule has 0 aromatic heterocycles. The summed E-state index contributed by atoms with van der Waals surface area (Å²) in [5.74, 6) is -0.905. The first-order valence-corrected chi connectivity index (χ1v) is 10.6. The third-order valence-electron chi connectivity index (χ3n) is 6.05. The van der Waals surface area contributed by atoms with E-state index >= 15 is 0 Å². The number of rotatable bonds is 6. The van der Waals surface area contributed by atoms with E-state index in [2.05, 4.69) is 5.32 Å². The van der Waals surface area contributed by atoms with E-state index in [9.17, 15) is 19.7 Å². The first-order valence-electron chi connectivity index (χ1n) is 10.6. The molecule has 2 saturated heterocycles. The molecule has 3 atom stereocenters. The van der Waals surface area contributed by atoms with Crippen LogP contribution in [0, 0.1) is 0 Å². The van der Waals surface area contributed by atoms with Crippen LogP contribution in [-0.4, -0.2) is 85.1 Å². The lowest BCUT2D eigenvalue weighted by Crippen LogP contribution is -2.57. The number of likely N-dealkylation sites (tertiary alicyclic amines) is 1. The molecule has 0 radical (unpaired) electrons. The zero-order chi connectivity index (χ0) is 22.1. The highest BCUT2D eigenvalue weighted by molar-refractivity contribution is 6.44. The van der Waals surface area contributed by atoms with Crippen molar-refractivity contribution < 1.29 is 33.8 Å². The molecule has 1 aromatic rings. The summed E-state index contributed by atoms with van der Waals surface area (Å²) in [6, 6.07) is 3.53. The molecule has 0 spiro atoms. The van der Waals surface area contributed by atoms with Gasteiger partial charge >= 0.3 is 13.1 Å². The van der Waals surface area contributed by atoms with Crippen molar-refractivity contribution >= 4 is 19.0 Å². The summed E-state index contributed by atoms with van der Waals surface area (Å²) in [4.78, 5) is 26.0. The predicted molar refractivity (Wildman–Crippen MR) is 111 cm³/mol. The van der Waals surface area contributed by atoms with E-state index in [1.165, 1.54) is 0 Å². The molecule has 11 heteroatoms. The summed E-state index contributed by atoms with van der Waals surface area (Å²) in [5.41, 5.74) is 6.24. The Morgan fingerprint density at radius 2 is 2.16 bits per heavy atom. The second-order valence-electron chi connectivity index (χ2n) is 8.41. The Balaban J connectivity index is 1.35. The highest BCUT2D eigenvalue weighted by Crippen LogP contribution is 2.42. The Bertz CT molecular complexity index is 840. The maximum absolute atomic E-state index is 12.5. The average molecular weight is 433 g/mol. The van der Waals surface area contributed by atoms with Crippen LogP contribution in [0.5, 0.6) is 11.5 Å². The van der Waals surface area contributed by atoms with Crippen molar-refractivity contribution in [3.8, 4) is 11.5 Å². The van der Waals surface area contributed by atoms with Gasteiger partial charge < -0.3 is 40.2 Å². The number of hydrogen-bond donors (Lipinski definition) is 4. The van der Waals surface area contributed by atoms with Crippen molar-refractivity contribution in [3.05, 3.63) is 23.3 Å². The molecule has 3 heterocycles. The number of morpholine rings is 1. The number of ether oxygens (including phenoxy) is 2. The first-order chi connectivity index (χ1) is 14.9. The third kappa shape index (κ3) is 4.64. The minimum absolute atomic E-state index is 0.0259. The average Bonchev–Trinajstić information content (AvgIpc) is 2.69. The van der Waals surface area contributed by atoms with Gasteiger partial charge in [-0.1, -0.05) is 13.0 Å². The van der Waals surface area contributed by atoms with Crippen LogP contribution >= 0.6 is 0 Å². The second-order valence-corrected chi connectivity index (χ2v) is 8.41. The molecule has 2 unspecified atom stereocenters. The SMILES string of the molecule is C[C@H]1CB(O)Oc2c1ccc(OC1CN(C(=O)CC3CNC(CN)CO3)C1)c2C(=O)O. The van der Waals surface area contributed by atoms with Gasteiger partial charge in [0, 0.05) is 25.5 Å². The number of carbonyl (C=O) groups is 2. The normalized spacial score (nSPS) is 26.0. The number of carboxylic acids is 1. The first kappa shape index (κ1) is 21.9. The molecule has 1 amide bonds. The fourth-order valence-electron chi connectivity index (χ4n) is 4.18. The number of aromatic carboxylic acids is 1. The summed E-state index contributed by atoms with van der Waals surface area (Å²) in [7, 11) is -1.05. The molecule has 0 saturated carbocycles. The van der Waals surface area contributed by atoms with Crippen LogP contribution in [0.4, 0.5) is 0 Å². The van der Waals surface area contributed by atoms with Crippen LogP contribution < -0.4 is 20.4 Å². The van der Waals surface area contributed by atoms with Gasteiger partial charge in [-0.15, -0.1) is 0 Å². The molecule has 10 nitrogen and oxygen atoms in total. The highest BCUT2D eigenvalue weighted by Gasteiger charge is 2.37. The lowest BCUT2D eigenvalue weighted by molar-refractivity contribution is -0.143. The number of fused-ring (bicyclic) bond motifs is 1. The Labute approximate surface area is 180 Å². The Kier molecular flexibility index (Phi) is 6.38. The van der Waals surface area contributed by atoms with E-state index in [-0.39, 0.29) is 53.6 Å². The van der Waals surface area contributed by atoms with Crippen molar-refractivity contribution in [3.63, 3.8) is 0 Å². The van der Waals surface area contributed by atoms with E-state index in [0.717, 1.165) is 5.56 Å². The maximum Gasteiger partial charge on any atom is 0.523 e. The zero-order valence-electron chi connectivity index (χ0n) is 17.5. The summed E-state index contributed by atoms with van der Waals surface area (Å²) >= 11 is 0. The molecule has 31 heavy (non-hydrogen) atoms. The fourth-order valence-corrected chi connectivity index (χ4v) is 4.18. The summed E-state index contributed by atoms with van der Waals surface area (Å²) in [6.07, 6.45) is 0.192. The largest absolute Gasteiger partial charge is 0.535 e. The van der Waals surface area contributed by atoms with Crippen molar-refractivity contribution in [2.24, 2.45) is 5.73 Å². The van der Waals surface area contributed by atoms with Gasteiger partial charge in [0.2, 0.25) is 5.91 Å². The fraction of sp³-hybridized carbons (Fsp3) is 0.600. The minimum atomic E-state index is -1.18. The van der Waals surface area contributed by atoms with E-state index < -0.39 is 13.1 Å². The van der Waals surface area contributed by atoms with Crippen LogP contribution in [0.2, 0.25) is 6.32 Å². The monoisotopic (exact) mass is 433 g/mol. The van der Waals surface area contributed by atoms with Crippen LogP contribution in [0.15, 0.2) is 12.1 Å². The van der Waals surface area contributed by atoms with E-state index in [1.807, 2.05) is 6.92 Å². The third-order valence-corrected chi connectivity index (χ3v) is 6.05. The van der Waals surface area contributed by atoms with Gasteiger partial charge in [-0.25, -0.2) is 4.79 Å². The van der Waals surface area contributed by atoms with Gasteiger partial charge in [-0.2, -0.15) is 0 Å². The maximum atomic E-state index is 12.5. The standard InChI is InChI=1S/C20H28BN3O7/c1-11-5-21(28)31-19-15(11)2-3-16(18(19)20(26)27)30-14-8-24(9-14)17(25)4-13-7-23-12(6-22)10-29-13/h2-3,11-14,23,28H,4-10,22H2,1H3,(H,26,27)/t11-,12?,13?/m0/s1. The van der Waals surface area contributed by atoms with Crippen LogP contribution in [0.1, 0.15) is 35.2 Å². The number of carbonyl (C=O) groups excluding carboxylic acids is 1. The quantitative estimate of drug-likeness (QED) is 0.443. The van der Waals surface area contributed by atoms with Crippen LogP contribution in [-0.2, 0) is 9.53 Å². The van der Waals surface area contributed by atoms with E-state index in [1.54, 1.807) is 17.0 Å². The highest BCUT2D eigenvalue weighted by atomic mass is 16.5. The second kappa shape index (κ2) is 9.03. The number of hydrogen-bond acceptors (Lipinski definition) is 8. The van der Waals surface area contributed by atoms with E-state index in [0.29, 0.717) is 39.1 Å². The van der Waals surface area contributed by atoms with E-state index in [4.69, 9.17) is 19.9 Å². The smallest absolute Gasteiger partial charge is 0.523 e. The number of benzene rings is 1. The molecule has 2 fully saturated rings. The molecule has 5 N–H and O–H groups in total. The molecule has 0 bridgehead atoms. The topological polar surface area (TPSA) is 144 Å². The van der Waals surface area contributed by atoms with Crippen molar-refractivity contribution in [1.82, 2.24) is 10.2 Å². The summed E-state index contributed by atoms with van der Waals surface area (Å²) in [5, 5.41) is 22.9. The zero-order valence-corrected chi connectivity index (χ0v) is 17.5. The predicted octanol–water partition coefficient (Wildman–Crippen LogP) is -0.343. The molecule has 3 aliphatic heterocycles. The number of nitrogens with two attached hydrogens (primary N) is 1. The molecular formula is C20H28BN3O7. The molecule has 3 aliphatic rings. The van der Waals surface area contributed by atoms with Gasteiger partial charge in [0.25, 0.3) is 0 Å². The minimum Gasteiger partial charge on any atom is -0.535 e. The summed E-state index contributed by atoms with van der Waals surface area (Å²) < 4.78 is 17.0. The Hall–Kier alpha value is -2.34. The molecule has 0 aliphatic carbocycles. The number of nitrogens with one attached hydrogen (secondary N) is 1. The van der Waals surface area contributed by atoms with Gasteiger partial charge in [0.15, 0.2) is 0 Å². The van der Waals surface area contributed by atoms with Gasteiger partial charge in [-0.3, -0.25) is 4.79 Å². The van der Waals surface area contributed by atoms with Crippen LogP contribution in [0.3, 0.4) is 0 Å². The number of amides is 1. The molecule has 1 aromatic carbocycles. The molecular weight excluding hydrogens is 405 g/mol. The Morgan fingerprint density at radius 3 is 2.81 bits per heavy atom. The van der Waals surface area contributed by atoms with Gasteiger partial charge in [0.1, 0.15) is 23.2 Å². The van der Waals surface area contributed by atoms with Crippen molar-refractivity contribution in [2.75, 3.05) is 32.8 Å².